The van der Waals surface area contributed by atoms with Gasteiger partial charge in [-0.05, 0) is 24.5 Å². The third kappa shape index (κ3) is 2.82. The van der Waals surface area contributed by atoms with Crippen molar-refractivity contribution in [3.63, 3.8) is 0 Å². The maximum Gasteiger partial charge on any atom is 0.320 e. The highest BCUT2D eigenvalue weighted by molar-refractivity contribution is 5.98. The lowest BCUT2D eigenvalue weighted by Crippen LogP contribution is -2.48. The minimum absolute atomic E-state index is 0.0483. The number of hydrogen-bond donors (Lipinski definition) is 3. The van der Waals surface area contributed by atoms with E-state index in [-0.39, 0.29) is 36.3 Å². The molecule has 3 amide bonds. The number of likely N-dealkylation sites (tertiary alicyclic amines) is 1. The molecule has 22 heavy (non-hydrogen) atoms. The summed E-state index contributed by atoms with van der Waals surface area (Å²) >= 11 is 0. The number of carbonyl (C=O) groups is 2. The molecule has 2 aliphatic heterocycles. The number of nitrogens with zero attached hydrogens (tertiary/aromatic N) is 1. The standard InChI is InChI=1S/C16H19N3O3/c20-10-12-7-4-8-19(12)15(21)14-9-13(17-16(22)18-14)11-5-2-1-3-6-11/h1-3,5-6,9,12-13,20H,4,7-8,10H2,(H2,17,18,22)/t12-,13?/m0/s1. The van der Waals surface area contributed by atoms with Crippen LogP contribution in [0.15, 0.2) is 42.1 Å². The van der Waals surface area contributed by atoms with Gasteiger partial charge in [-0.3, -0.25) is 4.79 Å². The van der Waals surface area contributed by atoms with Gasteiger partial charge in [-0.1, -0.05) is 30.3 Å². The Balaban J connectivity index is 1.84. The van der Waals surface area contributed by atoms with Crippen molar-refractivity contribution in [3.05, 3.63) is 47.7 Å². The first-order valence-corrected chi connectivity index (χ1v) is 7.45. The monoisotopic (exact) mass is 301 g/mol. The quantitative estimate of drug-likeness (QED) is 0.776. The fraction of sp³-hybridized carbons (Fsp3) is 0.375. The zero-order chi connectivity index (χ0) is 15.5. The third-order valence-corrected chi connectivity index (χ3v) is 4.11. The second-order valence-corrected chi connectivity index (χ2v) is 5.54. The largest absolute Gasteiger partial charge is 0.394 e. The molecule has 2 aliphatic rings. The van der Waals surface area contributed by atoms with E-state index in [1.165, 1.54) is 0 Å². The van der Waals surface area contributed by atoms with E-state index in [0.29, 0.717) is 6.54 Å². The molecule has 0 aromatic heterocycles. The smallest absolute Gasteiger partial charge is 0.320 e. The summed E-state index contributed by atoms with van der Waals surface area (Å²) in [4.78, 5) is 26.1. The van der Waals surface area contributed by atoms with E-state index in [1.54, 1.807) is 11.0 Å². The molecule has 1 saturated heterocycles. The lowest BCUT2D eigenvalue weighted by molar-refractivity contribution is -0.129. The molecule has 2 atom stereocenters. The van der Waals surface area contributed by atoms with Crippen molar-refractivity contribution in [1.29, 1.82) is 0 Å². The van der Waals surface area contributed by atoms with Crippen LogP contribution in [0.1, 0.15) is 24.4 Å². The number of hydrogen-bond acceptors (Lipinski definition) is 3. The highest BCUT2D eigenvalue weighted by Crippen LogP contribution is 2.22. The van der Waals surface area contributed by atoms with Gasteiger partial charge in [0.25, 0.3) is 5.91 Å². The van der Waals surface area contributed by atoms with Gasteiger partial charge in [-0.2, -0.15) is 0 Å². The first-order chi connectivity index (χ1) is 10.7. The van der Waals surface area contributed by atoms with Crippen LogP contribution in [-0.4, -0.2) is 41.1 Å². The molecule has 0 saturated carbocycles. The zero-order valence-electron chi connectivity index (χ0n) is 12.2. The van der Waals surface area contributed by atoms with Crippen LogP contribution in [0, 0.1) is 0 Å². The van der Waals surface area contributed by atoms with Gasteiger partial charge < -0.3 is 20.6 Å². The molecule has 0 radical (unpaired) electrons. The Bertz CT molecular complexity index is 600. The Morgan fingerprint density at radius 3 is 2.82 bits per heavy atom. The summed E-state index contributed by atoms with van der Waals surface area (Å²) in [5.74, 6) is -0.229. The molecule has 0 spiro atoms. The van der Waals surface area contributed by atoms with Crippen LogP contribution in [0.3, 0.4) is 0 Å². The van der Waals surface area contributed by atoms with E-state index in [0.717, 1.165) is 18.4 Å². The van der Waals surface area contributed by atoms with Crippen LogP contribution < -0.4 is 10.6 Å². The number of nitrogens with one attached hydrogen (secondary N) is 2. The number of aliphatic hydroxyl groups is 1. The Morgan fingerprint density at radius 2 is 2.09 bits per heavy atom. The van der Waals surface area contributed by atoms with Gasteiger partial charge >= 0.3 is 6.03 Å². The summed E-state index contributed by atoms with van der Waals surface area (Å²) in [6, 6.07) is 8.61. The fourth-order valence-electron chi connectivity index (χ4n) is 2.96. The summed E-state index contributed by atoms with van der Waals surface area (Å²) in [6.07, 6.45) is 3.40. The Morgan fingerprint density at radius 1 is 1.32 bits per heavy atom. The van der Waals surface area contributed by atoms with Crippen molar-refractivity contribution in [3.8, 4) is 0 Å². The molecule has 1 aromatic rings. The number of benzene rings is 1. The van der Waals surface area contributed by atoms with Crippen LogP contribution in [0.4, 0.5) is 4.79 Å². The summed E-state index contributed by atoms with van der Waals surface area (Å²) in [6.45, 7) is 0.564. The van der Waals surface area contributed by atoms with Crippen LogP contribution in [0.25, 0.3) is 0 Å². The van der Waals surface area contributed by atoms with Crippen LogP contribution in [0.2, 0.25) is 0 Å². The molecule has 3 rings (SSSR count). The Kier molecular flexibility index (Phi) is 4.11. The number of rotatable bonds is 3. The maximum absolute atomic E-state index is 12.6. The average molecular weight is 301 g/mol. The van der Waals surface area contributed by atoms with Crippen LogP contribution in [0.5, 0.6) is 0 Å². The summed E-state index contributed by atoms with van der Waals surface area (Å²) in [5, 5.41) is 14.7. The Hall–Kier alpha value is -2.34. The highest BCUT2D eigenvalue weighted by atomic mass is 16.3. The van der Waals surface area contributed by atoms with Crippen molar-refractivity contribution in [2.45, 2.75) is 24.9 Å². The third-order valence-electron chi connectivity index (χ3n) is 4.11. The van der Waals surface area contributed by atoms with E-state index in [1.807, 2.05) is 30.3 Å². The van der Waals surface area contributed by atoms with Crippen LogP contribution in [-0.2, 0) is 4.79 Å². The second-order valence-electron chi connectivity index (χ2n) is 5.54. The molecule has 0 bridgehead atoms. The Labute approximate surface area is 128 Å². The molecule has 6 heteroatoms. The summed E-state index contributed by atoms with van der Waals surface area (Å²) in [5.41, 5.74) is 1.20. The van der Waals surface area contributed by atoms with Gasteiger partial charge in [0.2, 0.25) is 0 Å². The number of urea groups is 1. The molecule has 2 heterocycles. The van der Waals surface area contributed by atoms with E-state index in [4.69, 9.17) is 0 Å². The van der Waals surface area contributed by atoms with Crippen molar-refractivity contribution >= 4 is 11.9 Å². The van der Waals surface area contributed by atoms with Crippen molar-refractivity contribution in [1.82, 2.24) is 15.5 Å². The molecule has 3 N–H and O–H groups in total. The van der Waals surface area contributed by atoms with E-state index >= 15 is 0 Å². The molecule has 0 aliphatic carbocycles. The summed E-state index contributed by atoms with van der Waals surface area (Å²) < 4.78 is 0. The minimum Gasteiger partial charge on any atom is -0.394 e. The molecular weight excluding hydrogens is 282 g/mol. The lowest BCUT2D eigenvalue weighted by Gasteiger charge is -2.28. The van der Waals surface area contributed by atoms with E-state index < -0.39 is 0 Å². The van der Waals surface area contributed by atoms with Gasteiger partial charge in [-0.15, -0.1) is 0 Å². The van der Waals surface area contributed by atoms with Gasteiger partial charge in [-0.25, -0.2) is 4.79 Å². The summed E-state index contributed by atoms with van der Waals surface area (Å²) in [7, 11) is 0. The predicted octanol–water partition coefficient (Wildman–Crippen LogP) is 0.908. The van der Waals surface area contributed by atoms with Crippen molar-refractivity contribution in [2.24, 2.45) is 0 Å². The van der Waals surface area contributed by atoms with Crippen molar-refractivity contribution < 1.29 is 14.7 Å². The minimum atomic E-state index is -0.389. The van der Waals surface area contributed by atoms with Crippen LogP contribution >= 0.6 is 0 Å². The second kappa shape index (κ2) is 6.19. The molecule has 1 fully saturated rings. The maximum atomic E-state index is 12.6. The first-order valence-electron chi connectivity index (χ1n) is 7.45. The predicted molar refractivity (Wildman–Crippen MR) is 80.8 cm³/mol. The number of amides is 3. The molecule has 1 unspecified atom stereocenters. The van der Waals surface area contributed by atoms with Gasteiger partial charge in [0.1, 0.15) is 5.70 Å². The first kappa shape index (κ1) is 14.6. The number of carbonyl (C=O) groups excluding carboxylic acids is 2. The van der Waals surface area contributed by atoms with E-state index in [9.17, 15) is 14.7 Å². The lowest BCUT2D eigenvalue weighted by atomic mass is 10.0. The molecule has 6 nitrogen and oxygen atoms in total. The topological polar surface area (TPSA) is 81.7 Å². The van der Waals surface area contributed by atoms with Gasteiger partial charge in [0, 0.05) is 6.54 Å². The molecule has 116 valence electrons. The normalized spacial score (nSPS) is 24.5. The van der Waals surface area contributed by atoms with Crippen molar-refractivity contribution in [2.75, 3.05) is 13.2 Å². The molecular formula is C16H19N3O3. The average Bonchev–Trinajstić information content (AvgIpc) is 3.03. The van der Waals surface area contributed by atoms with Gasteiger partial charge in [0.05, 0.1) is 18.7 Å². The fourth-order valence-corrected chi connectivity index (χ4v) is 2.96. The SMILES string of the molecule is O=C1NC(C(=O)N2CCC[C@H]2CO)=CC(c2ccccc2)N1. The van der Waals surface area contributed by atoms with E-state index in [2.05, 4.69) is 10.6 Å². The zero-order valence-corrected chi connectivity index (χ0v) is 12.2. The number of aliphatic hydroxyl groups excluding tert-OH is 1. The highest BCUT2D eigenvalue weighted by Gasteiger charge is 2.32. The van der Waals surface area contributed by atoms with Gasteiger partial charge in [0.15, 0.2) is 0 Å². The molecule has 1 aromatic carbocycles.